The molecule has 126 valence electrons. The van der Waals surface area contributed by atoms with Crippen molar-refractivity contribution in [3.05, 3.63) is 58.9 Å². The zero-order valence-electron chi connectivity index (χ0n) is 11.7. The molecule has 0 heterocycles. The second-order valence-corrected chi connectivity index (χ2v) is 5.02. The van der Waals surface area contributed by atoms with E-state index < -0.39 is 29.4 Å². The molecule has 2 rings (SSSR count). The van der Waals surface area contributed by atoms with Gasteiger partial charge in [-0.15, -0.1) is 0 Å². The Balaban J connectivity index is 2.13. The number of hydrogen-bond donors (Lipinski definition) is 2. The molecule has 0 aliphatic rings. The van der Waals surface area contributed by atoms with Gasteiger partial charge in [0.25, 0.3) is 0 Å². The van der Waals surface area contributed by atoms with Crippen molar-refractivity contribution in [1.29, 1.82) is 0 Å². The van der Waals surface area contributed by atoms with Crippen LogP contribution in [0.25, 0.3) is 0 Å². The van der Waals surface area contributed by atoms with Gasteiger partial charge in [-0.1, -0.05) is 17.7 Å². The highest BCUT2D eigenvalue weighted by atomic mass is 35.5. The maximum absolute atomic E-state index is 13.0. The molecular formula is C15H9ClF4N2O2. The van der Waals surface area contributed by atoms with Gasteiger partial charge in [-0.3, -0.25) is 9.59 Å². The Labute approximate surface area is 138 Å². The highest BCUT2D eigenvalue weighted by Crippen LogP contribution is 2.33. The van der Waals surface area contributed by atoms with E-state index in [-0.39, 0.29) is 16.4 Å². The first-order valence-corrected chi connectivity index (χ1v) is 6.79. The number of carbonyl (C=O) groups excluding carboxylic acids is 2. The molecule has 0 radical (unpaired) electrons. The van der Waals surface area contributed by atoms with E-state index in [0.717, 1.165) is 24.3 Å². The zero-order valence-corrected chi connectivity index (χ0v) is 12.5. The van der Waals surface area contributed by atoms with Gasteiger partial charge in [0.05, 0.1) is 16.3 Å². The van der Waals surface area contributed by atoms with Crippen molar-refractivity contribution >= 4 is 34.8 Å². The minimum Gasteiger partial charge on any atom is -0.318 e. The average molecular weight is 361 g/mol. The van der Waals surface area contributed by atoms with E-state index in [4.69, 9.17) is 11.6 Å². The summed E-state index contributed by atoms with van der Waals surface area (Å²) in [5, 5.41) is 3.92. The summed E-state index contributed by atoms with van der Waals surface area (Å²) in [5.41, 5.74) is -1.39. The molecule has 0 atom stereocenters. The topological polar surface area (TPSA) is 58.2 Å². The van der Waals surface area contributed by atoms with Gasteiger partial charge in [0.15, 0.2) is 0 Å². The third-order valence-corrected chi connectivity index (χ3v) is 3.16. The Bertz CT molecular complexity index is 793. The molecule has 0 aromatic heterocycles. The molecule has 9 heteroatoms. The van der Waals surface area contributed by atoms with E-state index in [1.54, 1.807) is 0 Å². The normalized spacial score (nSPS) is 11.0. The molecule has 0 saturated carbocycles. The number of nitrogens with one attached hydrogen (secondary N) is 2. The van der Waals surface area contributed by atoms with Gasteiger partial charge in [0.2, 0.25) is 0 Å². The third kappa shape index (κ3) is 4.45. The zero-order chi connectivity index (χ0) is 17.9. The lowest BCUT2D eigenvalue weighted by Crippen LogP contribution is -2.29. The largest absolute Gasteiger partial charge is 0.416 e. The lowest BCUT2D eigenvalue weighted by Gasteiger charge is -2.11. The molecule has 2 aromatic carbocycles. The summed E-state index contributed by atoms with van der Waals surface area (Å²) in [6, 6.07) is 7.06. The molecule has 2 N–H and O–H groups in total. The van der Waals surface area contributed by atoms with E-state index in [9.17, 15) is 27.2 Å². The number of hydrogen-bond acceptors (Lipinski definition) is 2. The van der Waals surface area contributed by atoms with Crippen LogP contribution < -0.4 is 10.6 Å². The predicted octanol–water partition coefficient (Wildman–Crippen LogP) is 4.08. The Hall–Kier alpha value is -2.61. The van der Waals surface area contributed by atoms with E-state index >= 15 is 0 Å². The quantitative estimate of drug-likeness (QED) is 0.626. The smallest absolute Gasteiger partial charge is 0.318 e. The van der Waals surface area contributed by atoms with Crippen LogP contribution in [0.3, 0.4) is 0 Å². The molecule has 0 bridgehead atoms. The summed E-state index contributed by atoms with van der Waals surface area (Å²) in [6.07, 6.45) is -4.63. The van der Waals surface area contributed by atoms with Crippen LogP contribution in [-0.2, 0) is 15.8 Å². The van der Waals surface area contributed by atoms with E-state index in [2.05, 4.69) is 5.32 Å². The van der Waals surface area contributed by atoms with Crippen molar-refractivity contribution in [3.63, 3.8) is 0 Å². The SMILES string of the molecule is O=C(Nc1cccc(F)c1)C(=O)Nc1cc(C(F)(F)F)ccc1Cl. The summed E-state index contributed by atoms with van der Waals surface area (Å²) in [6.45, 7) is 0. The van der Waals surface area contributed by atoms with Gasteiger partial charge in [-0.2, -0.15) is 13.2 Å². The van der Waals surface area contributed by atoms with Crippen LogP contribution in [0.15, 0.2) is 42.5 Å². The molecule has 0 fully saturated rings. The number of anilines is 2. The number of alkyl halides is 3. The van der Waals surface area contributed by atoms with Crippen LogP contribution in [0, 0.1) is 5.82 Å². The first kappa shape index (κ1) is 17.7. The first-order chi connectivity index (χ1) is 11.2. The number of carbonyl (C=O) groups is 2. The fraction of sp³-hybridized carbons (Fsp3) is 0.0667. The molecular weight excluding hydrogens is 352 g/mol. The van der Waals surface area contributed by atoms with Crippen LogP contribution in [0.4, 0.5) is 28.9 Å². The average Bonchev–Trinajstić information content (AvgIpc) is 2.48. The molecule has 0 unspecified atom stereocenters. The number of amides is 2. The van der Waals surface area contributed by atoms with Gasteiger partial charge in [-0.05, 0) is 36.4 Å². The van der Waals surface area contributed by atoms with Gasteiger partial charge in [0.1, 0.15) is 5.82 Å². The second kappa shape index (κ2) is 6.88. The Kier molecular flexibility index (Phi) is 5.08. The third-order valence-electron chi connectivity index (χ3n) is 2.83. The molecule has 4 nitrogen and oxygen atoms in total. The lowest BCUT2D eigenvalue weighted by atomic mass is 10.2. The van der Waals surface area contributed by atoms with Crippen molar-refractivity contribution < 1.29 is 27.2 Å². The summed E-state index contributed by atoms with van der Waals surface area (Å²) in [7, 11) is 0. The second-order valence-electron chi connectivity index (χ2n) is 4.61. The fourth-order valence-electron chi connectivity index (χ4n) is 1.73. The Morgan fingerprint density at radius 3 is 2.25 bits per heavy atom. The van der Waals surface area contributed by atoms with Crippen molar-refractivity contribution in [1.82, 2.24) is 0 Å². The predicted molar refractivity (Wildman–Crippen MR) is 80.1 cm³/mol. The van der Waals surface area contributed by atoms with Crippen molar-refractivity contribution in [2.24, 2.45) is 0 Å². The van der Waals surface area contributed by atoms with Crippen LogP contribution in [0.2, 0.25) is 5.02 Å². The summed E-state index contributed by atoms with van der Waals surface area (Å²) >= 11 is 5.71. The minimum absolute atomic E-state index is 0.0188. The van der Waals surface area contributed by atoms with Crippen molar-refractivity contribution in [3.8, 4) is 0 Å². The van der Waals surface area contributed by atoms with Gasteiger partial charge >= 0.3 is 18.0 Å². The van der Waals surface area contributed by atoms with E-state index in [1.165, 1.54) is 12.1 Å². The van der Waals surface area contributed by atoms with Crippen LogP contribution in [0.5, 0.6) is 0 Å². The molecule has 24 heavy (non-hydrogen) atoms. The summed E-state index contributed by atoms with van der Waals surface area (Å²) in [5.74, 6) is -3.07. The first-order valence-electron chi connectivity index (χ1n) is 6.41. The maximum atomic E-state index is 13.0. The highest BCUT2D eigenvalue weighted by molar-refractivity contribution is 6.44. The van der Waals surface area contributed by atoms with Gasteiger partial charge in [0, 0.05) is 5.69 Å². The van der Waals surface area contributed by atoms with Crippen LogP contribution in [0.1, 0.15) is 5.56 Å². The number of halogens is 5. The molecule has 0 aliphatic heterocycles. The van der Waals surface area contributed by atoms with Gasteiger partial charge in [-0.25, -0.2) is 4.39 Å². The molecule has 0 spiro atoms. The minimum atomic E-state index is -4.63. The standard InChI is InChI=1S/C15H9ClF4N2O2/c16-11-5-4-8(15(18,19)20)6-12(11)22-14(24)13(23)21-10-3-1-2-9(17)7-10/h1-7H,(H,21,23)(H,22,24). The van der Waals surface area contributed by atoms with Crippen molar-refractivity contribution in [2.45, 2.75) is 6.18 Å². The lowest BCUT2D eigenvalue weighted by molar-refractivity contribution is -0.137. The molecule has 2 amide bonds. The number of rotatable bonds is 2. The summed E-state index contributed by atoms with van der Waals surface area (Å²) in [4.78, 5) is 23.5. The molecule has 0 saturated heterocycles. The van der Waals surface area contributed by atoms with Crippen LogP contribution in [-0.4, -0.2) is 11.8 Å². The molecule has 0 aliphatic carbocycles. The van der Waals surface area contributed by atoms with Gasteiger partial charge < -0.3 is 10.6 Å². The van der Waals surface area contributed by atoms with E-state index in [0.29, 0.717) is 6.07 Å². The van der Waals surface area contributed by atoms with Crippen molar-refractivity contribution in [2.75, 3.05) is 10.6 Å². The maximum Gasteiger partial charge on any atom is 0.416 e. The molecule has 2 aromatic rings. The monoisotopic (exact) mass is 360 g/mol. The summed E-state index contributed by atoms with van der Waals surface area (Å²) < 4.78 is 50.9. The number of benzene rings is 2. The highest BCUT2D eigenvalue weighted by Gasteiger charge is 2.31. The van der Waals surface area contributed by atoms with E-state index in [1.807, 2.05) is 5.32 Å². The van der Waals surface area contributed by atoms with Crippen LogP contribution >= 0.6 is 11.6 Å². The Morgan fingerprint density at radius 2 is 1.62 bits per heavy atom. The Morgan fingerprint density at radius 1 is 0.958 bits per heavy atom. The fourth-order valence-corrected chi connectivity index (χ4v) is 1.90.